The van der Waals surface area contributed by atoms with Gasteiger partial charge in [-0.25, -0.2) is 0 Å². The van der Waals surface area contributed by atoms with Crippen LogP contribution in [0.3, 0.4) is 0 Å². The van der Waals surface area contributed by atoms with Gasteiger partial charge in [0.1, 0.15) is 0 Å². The first kappa shape index (κ1) is 13.8. The zero-order valence-electron chi connectivity index (χ0n) is 11.4. The van der Waals surface area contributed by atoms with Crippen LogP contribution in [0.15, 0.2) is 0 Å². The molecule has 4 heteroatoms. The average molecular weight is 253 g/mol. The van der Waals surface area contributed by atoms with Crippen LogP contribution in [0.4, 0.5) is 0 Å². The molecular formula is C14H27N3O. The number of rotatable bonds is 5. The Labute approximate surface area is 110 Å². The third-order valence-corrected chi connectivity index (χ3v) is 4.28. The molecule has 0 spiro atoms. The van der Waals surface area contributed by atoms with Gasteiger partial charge in [-0.3, -0.25) is 9.69 Å². The molecule has 2 aliphatic rings. The molecule has 1 amide bonds. The number of hydrogen-bond donors (Lipinski definition) is 2. The molecule has 0 bridgehead atoms. The summed E-state index contributed by atoms with van der Waals surface area (Å²) in [6, 6.07) is 1.15. The van der Waals surface area contributed by atoms with Crippen LogP contribution in [0.2, 0.25) is 0 Å². The van der Waals surface area contributed by atoms with Crippen LogP contribution < -0.4 is 11.1 Å². The Kier molecular flexibility index (Phi) is 5.45. The molecule has 2 rings (SSSR count). The van der Waals surface area contributed by atoms with Gasteiger partial charge in [-0.15, -0.1) is 0 Å². The molecule has 2 fully saturated rings. The smallest absolute Gasteiger partial charge is 0.220 e. The molecule has 1 heterocycles. The van der Waals surface area contributed by atoms with Crippen molar-refractivity contribution in [2.45, 2.75) is 63.5 Å². The summed E-state index contributed by atoms with van der Waals surface area (Å²) in [5.41, 5.74) is 5.42. The van der Waals surface area contributed by atoms with Crippen LogP contribution in [0, 0.1) is 0 Å². The summed E-state index contributed by atoms with van der Waals surface area (Å²) in [6.07, 6.45) is 9.38. The van der Waals surface area contributed by atoms with E-state index < -0.39 is 0 Å². The van der Waals surface area contributed by atoms with Crippen molar-refractivity contribution >= 4 is 5.91 Å². The molecule has 104 valence electrons. The molecule has 0 radical (unpaired) electrons. The topological polar surface area (TPSA) is 58.4 Å². The Balaban J connectivity index is 1.69. The van der Waals surface area contributed by atoms with E-state index in [1.807, 2.05) is 0 Å². The molecule has 1 saturated heterocycles. The fourth-order valence-electron chi connectivity index (χ4n) is 3.25. The summed E-state index contributed by atoms with van der Waals surface area (Å²) in [7, 11) is 0. The number of likely N-dealkylation sites (tertiary alicyclic amines) is 1. The highest BCUT2D eigenvalue weighted by Gasteiger charge is 2.29. The second-order valence-electron chi connectivity index (χ2n) is 5.73. The van der Waals surface area contributed by atoms with Crippen LogP contribution in [0.1, 0.15) is 51.4 Å². The Morgan fingerprint density at radius 3 is 2.72 bits per heavy atom. The van der Waals surface area contributed by atoms with E-state index in [9.17, 15) is 4.79 Å². The largest absolute Gasteiger partial charge is 0.352 e. The Hall–Kier alpha value is -0.610. The van der Waals surface area contributed by atoms with E-state index in [4.69, 9.17) is 5.73 Å². The number of nitrogens with zero attached hydrogens (tertiary/aromatic N) is 1. The normalized spacial score (nSPS) is 26.4. The lowest BCUT2D eigenvalue weighted by atomic mass is 9.94. The minimum atomic E-state index is 0.177. The quantitative estimate of drug-likeness (QED) is 0.775. The first-order valence-electron chi connectivity index (χ1n) is 7.53. The predicted octanol–water partition coefficient (Wildman–Crippen LogP) is 1.25. The zero-order chi connectivity index (χ0) is 12.8. The van der Waals surface area contributed by atoms with E-state index in [1.54, 1.807) is 0 Å². The van der Waals surface area contributed by atoms with Gasteiger partial charge in [0, 0.05) is 31.6 Å². The summed E-state index contributed by atoms with van der Waals surface area (Å²) >= 11 is 0. The summed E-state index contributed by atoms with van der Waals surface area (Å²) in [4.78, 5) is 14.2. The van der Waals surface area contributed by atoms with Crippen molar-refractivity contribution < 1.29 is 4.79 Å². The minimum absolute atomic E-state index is 0.177. The number of hydrogen-bond acceptors (Lipinski definition) is 3. The highest BCUT2D eigenvalue weighted by molar-refractivity contribution is 5.76. The lowest BCUT2D eigenvalue weighted by molar-refractivity contribution is -0.121. The van der Waals surface area contributed by atoms with Gasteiger partial charge in [0.25, 0.3) is 0 Å². The Morgan fingerprint density at radius 2 is 2.00 bits per heavy atom. The first-order chi connectivity index (χ1) is 8.79. The summed E-state index contributed by atoms with van der Waals surface area (Å²) in [6.45, 7) is 2.82. The fourth-order valence-corrected chi connectivity index (χ4v) is 3.25. The molecule has 18 heavy (non-hydrogen) atoms. The lowest BCUT2D eigenvalue weighted by Gasteiger charge is -2.31. The standard InChI is InChI=1S/C14H27N3O/c15-9-4-7-14(18)16-12-8-10-17(11-12)13-5-2-1-3-6-13/h12-13H,1-11,15H2,(H,16,18). The zero-order valence-corrected chi connectivity index (χ0v) is 11.4. The van der Waals surface area contributed by atoms with Gasteiger partial charge in [-0.1, -0.05) is 19.3 Å². The van der Waals surface area contributed by atoms with Gasteiger partial charge < -0.3 is 11.1 Å². The van der Waals surface area contributed by atoms with Gasteiger partial charge in [0.2, 0.25) is 5.91 Å². The van der Waals surface area contributed by atoms with E-state index in [0.717, 1.165) is 32.0 Å². The van der Waals surface area contributed by atoms with Gasteiger partial charge in [0.15, 0.2) is 0 Å². The van der Waals surface area contributed by atoms with E-state index in [0.29, 0.717) is 19.0 Å². The molecule has 3 N–H and O–H groups in total. The summed E-state index contributed by atoms with van der Waals surface area (Å²) < 4.78 is 0. The number of amides is 1. The second kappa shape index (κ2) is 7.10. The third kappa shape index (κ3) is 3.95. The molecule has 1 unspecified atom stereocenters. The van der Waals surface area contributed by atoms with E-state index in [1.165, 1.54) is 32.1 Å². The number of nitrogens with two attached hydrogens (primary N) is 1. The van der Waals surface area contributed by atoms with Crippen molar-refractivity contribution in [3.63, 3.8) is 0 Å². The van der Waals surface area contributed by atoms with Crippen LogP contribution in [-0.4, -0.2) is 42.5 Å². The monoisotopic (exact) mass is 253 g/mol. The maximum Gasteiger partial charge on any atom is 0.220 e. The fraction of sp³-hybridized carbons (Fsp3) is 0.929. The first-order valence-corrected chi connectivity index (χ1v) is 7.53. The molecule has 1 saturated carbocycles. The highest BCUT2D eigenvalue weighted by atomic mass is 16.1. The Morgan fingerprint density at radius 1 is 1.22 bits per heavy atom. The number of nitrogens with one attached hydrogen (secondary N) is 1. The SMILES string of the molecule is NCCCC(=O)NC1CCN(C2CCCCC2)C1. The third-order valence-electron chi connectivity index (χ3n) is 4.28. The van der Waals surface area contributed by atoms with Crippen molar-refractivity contribution in [1.82, 2.24) is 10.2 Å². The molecular weight excluding hydrogens is 226 g/mol. The van der Waals surface area contributed by atoms with Crippen LogP contribution in [-0.2, 0) is 4.79 Å². The van der Waals surface area contributed by atoms with E-state index in [-0.39, 0.29) is 5.91 Å². The number of carbonyl (C=O) groups excluding carboxylic acids is 1. The van der Waals surface area contributed by atoms with E-state index >= 15 is 0 Å². The van der Waals surface area contributed by atoms with Gasteiger partial charge in [-0.2, -0.15) is 0 Å². The van der Waals surface area contributed by atoms with Crippen molar-refractivity contribution in [2.75, 3.05) is 19.6 Å². The van der Waals surface area contributed by atoms with Crippen molar-refractivity contribution in [2.24, 2.45) is 5.73 Å². The maximum atomic E-state index is 11.7. The highest BCUT2D eigenvalue weighted by Crippen LogP contribution is 2.25. The molecule has 0 aromatic rings. The molecule has 0 aromatic carbocycles. The molecule has 0 aromatic heterocycles. The molecule has 4 nitrogen and oxygen atoms in total. The second-order valence-corrected chi connectivity index (χ2v) is 5.73. The summed E-state index contributed by atoms with van der Waals surface area (Å²) in [5.74, 6) is 0.177. The minimum Gasteiger partial charge on any atom is -0.352 e. The van der Waals surface area contributed by atoms with Gasteiger partial charge in [-0.05, 0) is 32.2 Å². The van der Waals surface area contributed by atoms with Crippen molar-refractivity contribution in [3.8, 4) is 0 Å². The molecule has 1 aliphatic carbocycles. The Bertz CT molecular complexity index is 264. The summed E-state index contributed by atoms with van der Waals surface area (Å²) in [5, 5.41) is 3.15. The number of carbonyl (C=O) groups is 1. The maximum absolute atomic E-state index is 11.7. The average Bonchev–Trinajstić information content (AvgIpc) is 2.86. The van der Waals surface area contributed by atoms with Crippen molar-refractivity contribution in [1.29, 1.82) is 0 Å². The van der Waals surface area contributed by atoms with Crippen LogP contribution in [0.25, 0.3) is 0 Å². The molecule has 1 atom stereocenters. The van der Waals surface area contributed by atoms with Crippen molar-refractivity contribution in [3.05, 3.63) is 0 Å². The van der Waals surface area contributed by atoms with Gasteiger partial charge >= 0.3 is 0 Å². The van der Waals surface area contributed by atoms with E-state index in [2.05, 4.69) is 10.2 Å². The predicted molar refractivity (Wildman–Crippen MR) is 73.3 cm³/mol. The van der Waals surface area contributed by atoms with Crippen LogP contribution >= 0.6 is 0 Å². The lowest BCUT2D eigenvalue weighted by Crippen LogP contribution is -2.40. The van der Waals surface area contributed by atoms with Crippen LogP contribution in [0.5, 0.6) is 0 Å². The van der Waals surface area contributed by atoms with Gasteiger partial charge in [0.05, 0.1) is 0 Å². The molecule has 1 aliphatic heterocycles.